The molecule has 1 amide bonds. The van der Waals surface area contributed by atoms with E-state index in [-0.39, 0.29) is 35.8 Å². The average molecular weight is 526 g/mol. The maximum atomic E-state index is 13.3. The van der Waals surface area contributed by atoms with Crippen molar-refractivity contribution in [3.8, 4) is 0 Å². The maximum Gasteiger partial charge on any atom is 0.263 e. The molecule has 4 heterocycles. The molecular formula is C23H35N5O5S2. The molecule has 1 atom stereocenters. The van der Waals surface area contributed by atoms with Crippen molar-refractivity contribution in [2.75, 3.05) is 45.9 Å². The van der Waals surface area contributed by atoms with E-state index in [1.54, 1.807) is 6.92 Å². The topological polar surface area (TPSA) is 114 Å². The number of thiophene rings is 1. The number of sulfonamides is 1. The molecule has 2 fully saturated rings. The third kappa shape index (κ3) is 5.77. The fourth-order valence-electron chi connectivity index (χ4n) is 4.99. The number of carbonyl (C=O) groups excluding carboxylic acids is 1. The maximum absolute atomic E-state index is 13.3. The number of likely N-dealkylation sites (tertiary alicyclic amines) is 1. The Morgan fingerprint density at radius 3 is 2.77 bits per heavy atom. The van der Waals surface area contributed by atoms with Crippen LogP contribution in [0.25, 0.3) is 10.2 Å². The summed E-state index contributed by atoms with van der Waals surface area (Å²) in [6.45, 7) is 7.42. The second kappa shape index (κ2) is 11.5. The minimum absolute atomic E-state index is 0.00123. The molecule has 10 nitrogen and oxygen atoms in total. The fraction of sp³-hybridized carbons (Fsp3) is 0.696. The van der Waals surface area contributed by atoms with Crippen LogP contribution < -0.4 is 10.9 Å². The number of nitrogens with one attached hydrogen (secondary N) is 1. The molecular weight excluding hydrogens is 490 g/mol. The number of fused-ring (bicyclic) bond motifs is 1. The fourth-order valence-corrected chi connectivity index (χ4v) is 8.06. The van der Waals surface area contributed by atoms with Gasteiger partial charge < -0.3 is 15.0 Å². The van der Waals surface area contributed by atoms with E-state index < -0.39 is 15.6 Å². The summed E-state index contributed by atoms with van der Waals surface area (Å²) in [5, 5.41) is 2.95. The molecule has 2 saturated heterocycles. The molecule has 0 aromatic carbocycles. The minimum atomic E-state index is -3.87. The van der Waals surface area contributed by atoms with Crippen molar-refractivity contribution in [2.45, 2.75) is 63.4 Å². The first kappa shape index (κ1) is 26.2. The monoisotopic (exact) mass is 525 g/mol. The smallest absolute Gasteiger partial charge is 0.263 e. The molecule has 0 unspecified atom stereocenters. The number of aryl methyl sites for hydroxylation is 1. The van der Waals surface area contributed by atoms with Gasteiger partial charge in [-0.2, -0.15) is 4.31 Å². The first-order valence-corrected chi connectivity index (χ1v) is 14.7. The van der Waals surface area contributed by atoms with E-state index in [1.165, 1.54) is 45.8 Å². The van der Waals surface area contributed by atoms with Crippen LogP contribution in [0.3, 0.4) is 0 Å². The summed E-state index contributed by atoms with van der Waals surface area (Å²) in [6.07, 6.45) is 7.08. The quantitative estimate of drug-likeness (QED) is 0.494. The second-order valence-corrected chi connectivity index (χ2v) is 12.2. The zero-order valence-electron chi connectivity index (χ0n) is 20.5. The van der Waals surface area contributed by atoms with E-state index >= 15 is 0 Å². The minimum Gasteiger partial charge on any atom is -0.379 e. The zero-order chi connectivity index (χ0) is 25.0. The Balaban J connectivity index is 1.43. The molecule has 0 saturated carbocycles. The number of morpholine rings is 1. The SMILES string of the molecule is CC[C@@H]1CCCCN1CCCNC(=O)Cn1cnc2sc(C)c(S(=O)(=O)N3CCOCC3)c2c1=O. The van der Waals surface area contributed by atoms with Gasteiger partial charge in [-0.3, -0.25) is 14.2 Å². The Hall–Kier alpha value is -1.86. The van der Waals surface area contributed by atoms with Crippen LogP contribution in [-0.4, -0.2) is 85.1 Å². The predicted octanol–water partition coefficient (Wildman–Crippen LogP) is 1.56. The van der Waals surface area contributed by atoms with E-state index in [9.17, 15) is 18.0 Å². The van der Waals surface area contributed by atoms with Crippen molar-refractivity contribution in [3.63, 3.8) is 0 Å². The summed E-state index contributed by atoms with van der Waals surface area (Å²) in [5.41, 5.74) is -0.513. The lowest BCUT2D eigenvalue weighted by Gasteiger charge is -2.35. The third-order valence-electron chi connectivity index (χ3n) is 6.85. The number of amides is 1. The van der Waals surface area contributed by atoms with Crippen LogP contribution in [0.2, 0.25) is 0 Å². The number of nitrogens with zero attached hydrogens (tertiary/aromatic N) is 4. The molecule has 35 heavy (non-hydrogen) atoms. The van der Waals surface area contributed by atoms with E-state index in [1.807, 2.05) is 0 Å². The van der Waals surface area contributed by atoms with Crippen LogP contribution in [0.15, 0.2) is 16.0 Å². The molecule has 2 aromatic rings. The van der Waals surface area contributed by atoms with Crippen LogP contribution in [0.1, 0.15) is 43.9 Å². The van der Waals surface area contributed by atoms with Gasteiger partial charge in [0, 0.05) is 37.1 Å². The second-order valence-electron chi connectivity index (χ2n) is 9.16. The number of hydrogen-bond donors (Lipinski definition) is 1. The summed E-state index contributed by atoms with van der Waals surface area (Å²) >= 11 is 1.18. The van der Waals surface area contributed by atoms with Crippen molar-refractivity contribution in [1.82, 2.24) is 24.1 Å². The van der Waals surface area contributed by atoms with Crippen LogP contribution in [-0.2, 0) is 26.1 Å². The standard InChI is InChI=1S/C23H35N5O5S2/c1-3-18-7-4-5-9-26(18)10-6-8-24-19(29)15-27-16-25-22-20(23(27)30)21(17(2)34-22)35(31,32)28-11-13-33-14-12-28/h16,18H,3-15H2,1-2H3,(H,24,29)/t18-/m1/s1. The molecule has 2 aliphatic rings. The normalized spacial score (nSPS) is 20.3. The van der Waals surface area contributed by atoms with Crippen molar-refractivity contribution < 1.29 is 17.9 Å². The largest absolute Gasteiger partial charge is 0.379 e. The highest BCUT2D eigenvalue weighted by molar-refractivity contribution is 7.89. The van der Waals surface area contributed by atoms with Gasteiger partial charge in [-0.1, -0.05) is 13.3 Å². The molecule has 12 heteroatoms. The molecule has 1 N–H and O–H groups in total. The summed E-state index contributed by atoms with van der Waals surface area (Å²) in [5.74, 6) is -0.288. The summed E-state index contributed by atoms with van der Waals surface area (Å²) in [4.78, 5) is 33.5. The number of rotatable bonds is 9. The van der Waals surface area contributed by atoms with Gasteiger partial charge in [0.2, 0.25) is 15.9 Å². The summed E-state index contributed by atoms with van der Waals surface area (Å²) in [6, 6.07) is 0.632. The average Bonchev–Trinajstić information content (AvgIpc) is 3.22. The van der Waals surface area contributed by atoms with E-state index in [2.05, 4.69) is 22.1 Å². The molecule has 0 radical (unpaired) electrons. The zero-order valence-corrected chi connectivity index (χ0v) is 22.1. The highest BCUT2D eigenvalue weighted by Gasteiger charge is 2.32. The molecule has 0 spiro atoms. The number of carbonyl (C=O) groups is 1. The van der Waals surface area contributed by atoms with Gasteiger partial charge in [-0.15, -0.1) is 11.3 Å². The Kier molecular flexibility index (Phi) is 8.59. The lowest BCUT2D eigenvalue weighted by atomic mass is 10.00. The van der Waals surface area contributed by atoms with Gasteiger partial charge in [-0.25, -0.2) is 13.4 Å². The molecule has 0 aliphatic carbocycles. The van der Waals surface area contributed by atoms with Gasteiger partial charge in [0.05, 0.1) is 24.9 Å². The lowest BCUT2D eigenvalue weighted by Crippen LogP contribution is -2.41. The summed E-state index contributed by atoms with van der Waals surface area (Å²) in [7, 11) is -3.87. The van der Waals surface area contributed by atoms with Crippen molar-refractivity contribution >= 4 is 37.5 Å². The number of ether oxygens (including phenoxy) is 1. The van der Waals surface area contributed by atoms with Crippen LogP contribution in [0, 0.1) is 6.92 Å². The first-order valence-electron chi connectivity index (χ1n) is 12.4. The molecule has 2 aliphatic heterocycles. The third-order valence-corrected chi connectivity index (χ3v) is 10.1. The Labute approximate surface area is 210 Å². The summed E-state index contributed by atoms with van der Waals surface area (Å²) < 4.78 is 34.5. The highest BCUT2D eigenvalue weighted by atomic mass is 32.2. The van der Waals surface area contributed by atoms with Gasteiger partial charge in [-0.05, 0) is 39.2 Å². The van der Waals surface area contributed by atoms with Gasteiger partial charge in [0.1, 0.15) is 16.3 Å². The molecule has 0 bridgehead atoms. The lowest BCUT2D eigenvalue weighted by molar-refractivity contribution is -0.121. The highest BCUT2D eigenvalue weighted by Crippen LogP contribution is 2.33. The van der Waals surface area contributed by atoms with Crippen LogP contribution >= 0.6 is 11.3 Å². The predicted molar refractivity (Wildman–Crippen MR) is 135 cm³/mol. The van der Waals surface area contributed by atoms with Crippen LogP contribution in [0.4, 0.5) is 0 Å². The first-order chi connectivity index (χ1) is 16.8. The Morgan fingerprint density at radius 1 is 1.26 bits per heavy atom. The van der Waals surface area contributed by atoms with E-state index in [0.717, 1.165) is 25.9 Å². The Morgan fingerprint density at radius 2 is 2.03 bits per heavy atom. The van der Waals surface area contributed by atoms with Crippen molar-refractivity contribution in [3.05, 3.63) is 21.6 Å². The number of hydrogen-bond acceptors (Lipinski definition) is 8. The van der Waals surface area contributed by atoms with E-state index in [0.29, 0.717) is 35.5 Å². The van der Waals surface area contributed by atoms with Gasteiger partial charge >= 0.3 is 0 Å². The van der Waals surface area contributed by atoms with E-state index in [4.69, 9.17) is 4.74 Å². The Bertz CT molecular complexity index is 1200. The van der Waals surface area contributed by atoms with Crippen molar-refractivity contribution in [1.29, 1.82) is 0 Å². The number of aromatic nitrogens is 2. The van der Waals surface area contributed by atoms with Crippen LogP contribution in [0.5, 0.6) is 0 Å². The van der Waals surface area contributed by atoms with Gasteiger partial charge in [0.15, 0.2) is 0 Å². The molecule has 4 rings (SSSR count). The molecule has 2 aromatic heterocycles. The molecule has 194 valence electrons. The van der Waals surface area contributed by atoms with Gasteiger partial charge in [0.25, 0.3) is 5.56 Å². The number of piperidine rings is 1. The van der Waals surface area contributed by atoms with Crippen molar-refractivity contribution in [2.24, 2.45) is 0 Å².